The van der Waals surface area contributed by atoms with Crippen LogP contribution in [0.5, 0.6) is 0 Å². The third-order valence-corrected chi connectivity index (χ3v) is 3.06. The minimum absolute atomic E-state index is 0.746. The Morgan fingerprint density at radius 3 is 2.59 bits per heavy atom. The Balaban J connectivity index is 2.35. The summed E-state index contributed by atoms with van der Waals surface area (Å²) in [6, 6.07) is 7.79. The summed E-state index contributed by atoms with van der Waals surface area (Å²) in [4.78, 5) is 4.15. The first kappa shape index (κ1) is 14.2. The van der Waals surface area contributed by atoms with Crippen LogP contribution in [0.1, 0.15) is 5.56 Å². The summed E-state index contributed by atoms with van der Waals surface area (Å²) < 4.78 is 0. The first-order chi connectivity index (χ1) is 8.26. The molecule has 0 heterocycles. The standard InChI is InChI=1S/C12H18ClN3S/c1-14-12(15-7-8-17-2)16-9-10-3-5-11(13)6-4-10/h3-6H,7-9H2,1-2H3,(H2,14,15,16). The van der Waals surface area contributed by atoms with Gasteiger partial charge >= 0.3 is 0 Å². The predicted octanol–water partition coefficient (Wildman–Crippen LogP) is 2.37. The molecule has 1 aromatic carbocycles. The summed E-state index contributed by atoms with van der Waals surface area (Å²) in [5, 5.41) is 7.25. The van der Waals surface area contributed by atoms with Gasteiger partial charge in [0.15, 0.2) is 5.96 Å². The van der Waals surface area contributed by atoms with E-state index in [0.29, 0.717) is 0 Å². The average molecular weight is 272 g/mol. The summed E-state index contributed by atoms with van der Waals surface area (Å²) in [7, 11) is 1.77. The van der Waals surface area contributed by atoms with Gasteiger partial charge in [-0.15, -0.1) is 0 Å². The molecule has 0 bridgehead atoms. The number of nitrogens with zero attached hydrogens (tertiary/aromatic N) is 1. The van der Waals surface area contributed by atoms with Crippen LogP contribution in [0.2, 0.25) is 5.02 Å². The van der Waals surface area contributed by atoms with E-state index in [-0.39, 0.29) is 0 Å². The summed E-state index contributed by atoms with van der Waals surface area (Å²) in [5.41, 5.74) is 1.18. The minimum atomic E-state index is 0.746. The Hall–Kier alpha value is -0.870. The molecule has 94 valence electrons. The van der Waals surface area contributed by atoms with E-state index in [9.17, 15) is 0 Å². The Bertz CT molecular complexity index is 351. The van der Waals surface area contributed by atoms with E-state index in [1.807, 2.05) is 36.0 Å². The lowest BCUT2D eigenvalue weighted by molar-refractivity contribution is 0.833. The van der Waals surface area contributed by atoms with E-state index in [2.05, 4.69) is 21.9 Å². The second-order valence-corrected chi connectivity index (χ2v) is 4.89. The van der Waals surface area contributed by atoms with E-state index < -0.39 is 0 Å². The van der Waals surface area contributed by atoms with Gasteiger partial charge < -0.3 is 10.6 Å². The zero-order chi connectivity index (χ0) is 12.5. The van der Waals surface area contributed by atoms with Crippen molar-refractivity contribution < 1.29 is 0 Å². The smallest absolute Gasteiger partial charge is 0.191 e. The van der Waals surface area contributed by atoms with E-state index >= 15 is 0 Å². The highest BCUT2D eigenvalue weighted by molar-refractivity contribution is 7.98. The molecule has 0 fully saturated rings. The molecule has 5 heteroatoms. The first-order valence-electron chi connectivity index (χ1n) is 5.44. The summed E-state index contributed by atoms with van der Waals surface area (Å²) in [5.74, 6) is 1.90. The molecule has 0 aliphatic heterocycles. The largest absolute Gasteiger partial charge is 0.356 e. The van der Waals surface area contributed by atoms with Crippen LogP contribution >= 0.6 is 23.4 Å². The lowest BCUT2D eigenvalue weighted by Gasteiger charge is -2.11. The molecule has 0 aliphatic rings. The predicted molar refractivity (Wildman–Crippen MR) is 78.0 cm³/mol. The highest BCUT2D eigenvalue weighted by atomic mass is 35.5. The second kappa shape index (κ2) is 8.25. The van der Waals surface area contributed by atoms with Gasteiger partial charge in [0.1, 0.15) is 0 Å². The lowest BCUT2D eigenvalue weighted by Crippen LogP contribution is -2.37. The normalized spacial score (nSPS) is 11.4. The van der Waals surface area contributed by atoms with Crippen LogP contribution in [0.25, 0.3) is 0 Å². The van der Waals surface area contributed by atoms with Gasteiger partial charge in [-0.2, -0.15) is 11.8 Å². The number of rotatable bonds is 5. The van der Waals surface area contributed by atoms with Gasteiger partial charge in [0.2, 0.25) is 0 Å². The SMILES string of the molecule is CN=C(NCCSC)NCc1ccc(Cl)cc1. The maximum atomic E-state index is 5.83. The van der Waals surface area contributed by atoms with Crippen molar-refractivity contribution in [1.82, 2.24) is 10.6 Å². The highest BCUT2D eigenvalue weighted by Gasteiger charge is 1.97. The van der Waals surface area contributed by atoms with E-state index in [4.69, 9.17) is 11.6 Å². The summed E-state index contributed by atoms with van der Waals surface area (Å²) in [6.45, 7) is 1.66. The number of halogens is 1. The Labute approximate surface area is 112 Å². The molecule has 0 amide bonds. The molecule has 0 unspecified atom stereocenters. The number of thioether (sulfide) groups is 1. The van der Waals surface area contributed by atoms with Crippen molar-refractivity contribution in [2.45, 2.75) is 6.54 Å². The van der Waals surface area contributed by atoms with Crippen molar-refractivity contribution in [1.29, 1.82) is 0 Å². The number of hydrogen-bond donors (Lipinski definition) is 2. The van der Waals surface area contributed by atoms with Crippen molar-refractivity contribution >= 4 is 29.3 Å². The van der Waals surface area contributed by atoms with Gasteiger partial charge in [-0.05, 0) is 24.0 Å². The molecule has 3 nitrogen and oxygen atoms in total. The maximum Gasteiger partial charge on any atom is 0.191 e. The summed E-state index contributed by atoms with van der Waals surface area (Å²) in [6.07, 6.45) is 2.09. The topological polar surface area (TPSA) is 36.4 Å². The van der Waals surface area contributed by atoms with Crippen LogP contribution in [0.3, 0.4) is 0 Å². The minimum Gasteiger partial charge on any atom is -0.356 e. The van der Waals surface area contributed by atoms with Crippen LogP contribution in [0.15, 0.2) is 29.3 Å². The Morgan fingerprint density at radius 2 is 2.00 bits per heavy atom. The lowest BCUT2D eigenvalue weighted by atomic mass is 10.2. The number of aliphatic imine (C=N–C) groups is 1. The Kier molecular flexibility index (Phi) is 6.89. The first-order valence-corrected chi connectivity index (χ1v) is 7.21. The number of nitrogens with one attached hydrogen (secondary N) is 2. The second-order valence-electron chi connectivity index (χ2n) is 3.47. The number of benzene rings is 1. The average Bonchev–Trinajstić information content (AvgIpc) is 2.35. The van der Waals surface area contributed by atoms with E-state index in [1.165, 1.54) is 5.56 Å². The molecule has 0 aromatic heterocycles. The fourth-order valence-corrected chi connectivity index (χ4v) is 1.71. The zero-order valence-electron chi connectivity index (χ0n) is 10.2. The molecule has 0 saturated carbocycles. The van der Waals surface area contributed by atoms with E-state index in [1.54, 1.807) is 7.05 Å². The van der Waals surface area contributed by atoms with Crippen LogP contribution in [-0.4, -0.2) is 31.6 Å². The van der Waals surface area contributed by atoms with Gasteiger partial charge in [0.05, 0.1) is 0 Å². The van der Waals surface area contributed by atoms with Gasteiger partial charge in [-0.1, -0.05) is 23.7 Å². The summed E-state index contributed by atoms with van der Waals surface area (Å²) >= 11 is 7.64. The molecule has 2 N–H and O–H groups in total. The monoisotopic (exact) mass is 271 g/mol. The Morgan fingerprint density at radius 1 is 1.29 bits per heavy atom. The molecule has 1 aromatic rings. The molecule has 0 aliphatic carbocycles. The zero-order valence-corrected chi connectivity index (χ0v) is 11.7. The van der Waals surface area contributed by atoms with Crippen molar-refractivity contribution in [2.24, 2.45) is 4.99 Å². The molecule has 0 radical (unpaired) electrons. The third kappa shape index (κ3) is 5.84. The molecule has 0 saturated heterocycles. The maximum absolute atomic E-state index is 5.83. The van der Waals surface area contributed by atoms with Crippen LogP contribution < -0.4 is 10.6 Å². The molecular weight excluding hydrogens is 254 g/mol. The van der Waals surface area contributed by atoms with Crippen molar-refractivity contribution in [3.63, 3.8) is 0 Å². The van der Waals surface area contributed by atoms with Crippen molar-refractivity contribution in [3.8, 4) is 0 Å². The quantitative estimate of drug-likeness (QED) is 0.490. The fourth-order valence-electron chi connectivity index (χ4n) is 1.28. The fraction of sp³-hybridized carbons (Fsp3) is 0.417. The molecule has 17 heavy (non-hydrogen) atoms. The van der Waals surface area contributed by atoms with Crippen molar-refractivity contribution in [3.05, 3.63) is 34.9 Å². The van der Waals surface area contributed by atoms with Crippen LogP contribution in [-0.2, 0) is 6.54 Å². The number of hydrogen-bond acceptors (Lipinski definition) is 2. The molecule has 0 atom stereocenters. The van der Waals surface area contributed by atoms with Gasteiger partial charge in [0.25, 0.3) is 0 Å². The third-order valence-electron chi connectivity index (χ3n) is 2.20. The van der Waals surface area contributed by atoms with Crippen LogP contribution in [0, 0.1) is 0 Å². The van der Waals surface area contributed by atoms with Crippen molar-refractivity contribution in [2.75, 3.05) is 25.6 Å². The highest BCUT2D eigenvalue weighted by Crippen LogP contribution is 2.08. The van der Waals surface area contributed by atoms with Gasteiger partial charge in [-0.25, -0.2) is 0 Å². The molecule has 0 spiro atoms. The van der Waals surface area contributed by atoms with Gasteiger partial charge in [-0.3, -0.25) is 4.99 Å². The molecule has 1 rings (SSSR count). The van der Waals surface area contributed by atoms with Gasteiger partial charge in [0, 0.05) is 30.9 Å². The van der Waals surface area contributed by atoms with E-state index in [0.717, 1.165) is 29.8 Å². The number of guanidine groups is 1. The molecular formula is C12H18ClN3S. The van der Waals surface area contributed by atoms with Crippen LogP contribution in [0.4, 0.5) is 0 Å².